The predicted octanol–water partition coefficient (Wildman–Crippen LogP) is 9.02. The quantitative estimate of drug-likeness (QED) is 0.128. The Hall–Kier alpha value is 0.540. The van der Waals surface area contributed by atoms with Crippen LogP contribution in [0, 0.1) is 0 Å². The van der Waals surface area contributed by atoms with E-state index in [1.54, 1.807) is 0 Å². The first-order valence-electron chi connectivity index (χ1n) is 12.4. The molecular formula is C23H52O4P2. The molecule has 0 rings (SSSR count). The van der Waals surface area contributed by atoms with Crippen LogP contribution < -0.4 is 0 Å². The minimum absolute atomic E-state index is 0.352. The Morgan fingerprint density at radius 2 is 0.931 bits per heavy atom. The molecule has 0 aromatic rings. The van der Waals surface area contributed by atoms with Gasteiger partial charge in [0.25, 0.3) is 0 Å². The Balaban J connectivity index is 5.64. The molecule has 0 amide bonds. The summed E-state index contributed by atoms with van der Waals surface area (Å²) in [6.07, 6.45) is 17.7. The van der Waals surface area contributed by atoms with Gasteiger partial charge >= 0.3 is 183 Å². The van der Waals surface area contributed by atoms with E-state index in [4.69, 9.17) is 13.4 Å². The van der Waals surface area contributed by atoms with Crippen LogP contribution in [0.4, 0.5) is 0 Å². The second-order valence-corrected chi connectivity index (χ2v) is 16.7. The summed E-state index contributed by atoms with van der Waals surface area (Å²) in [6.45, 7) is 10.9. The Labute approximate surface area is 182 Å². The maximum absolute atomic E-state index is 13.5. The molecule has 0 bridgehead atoms. The normalized spacial score (nSPS) is 14.1. The fraction of sp³-hybridized carbons (Fsp3) is 1.00. The second kappa shape index (κ2) is 16.2. The maximum atomic E-state index is 13.5. The van der Waals surface area contributed by atoms with Gasteiger partial charge in [-0.1, -0.05) is 0 Å². The van der Waals surface area contributed by atoms with E-state index >= 15 is 0 Å². The van der Waals surface area contributed by atoms with Gasteiger partial charge in [0, 0.05) is 0 Å². The van der Waals surface area contributed by atoms with Gasteiger partial charge in [0.15, 0.2) is 0 Å². The van der Waals surface area contributed by atoms with Gasteiger partial charge in [0.1, 0.15) is 0 Å². The van der Waals surface area contributed by atoms with Crippen molar-refractivity contribution in [1.29, 1.82) is 0 Å². The van der Waals surface area contributed by atoms with Gasteiger partial charge in [-0.2, -0.15) is 0 Å². The molecule has 0 spiro atoms. The Kier molecular flexibility index (Phi) is 16.5. The molecule has 4 nitrogen and oxygen atoms in total. The van der Waals surface area contributed by atoms with Crippen molar-refractivity contribution in [3.05, 3.63) is 0 Å². The summed E-state index contributed by atoms with van der Waals surface area (Å²) < 4.78 is 31.4. The van der Waals surface area contributed by atoms with Gasteiger partial charge in [-0.25, -0.2) is 0 Å². The monoisotopic (exact) mass is 454 g/mol. The van der Waals surface area contributed by atoms with Crippen molar-refractivity contribution in [3.8, 4) is 0 Å². The van der Waals surface area contributed by atoms with Gasteiger partial charge in [-0.3, -0.25) is 0 Å². The summed E-state index contributed by atoms with van der Waals surface area (Å²) in [6, 6.07) is 0. The summed E-state index contributed by atoms with van der Waals surface area (Å²) in [7, 11) is -3.51. The van der Waals surface area contributed by atoms with Gasteiger partial charge in [-0.15, -0.1) is 0 Å². The molecule has 0 saturated heterocycles. The van der Waals surface area contributed by atoms with E-state index < -0.39 is 14.7 Å². The van der Waals surface area contributed by atoms with Crippen molar-refractivity contribution in [2.24, 2.45) is 0 Å². The van der Waals surface area contributed by atoms with Gasteiger partial charge < -0.3 is 0 Å². The molecule has 0 aliphatic carbocycles. The molecule has 0 aromatic carbocycles. The van der Waals surface area contributed by atoms with Crippen LogP contribution in [0.25, 0.3) is 0 Å². The van der Waals surface area contributed by atoms with Crippen molar-refractivity contribution in [3.63, 3.8) is 0 Å². The van der Waals surface area contributed by atoms with Crippen LogP contribution in [0.3, 0.4) is 0 Å². The third-order valence-corrected chi connectivity index (χ3v) is 14.6. The molecule has 0 aromatic heterocycles. The first-order valence-corrected chi connectivity index (χ1v) is 17.0. The zero-order valence-corrected chi connectivity index (χ0v) is 22.3. The standard InChI is InChI=1S/C23H52O4P2/c1-7-12-15-18-21-29(6,22-19-16-13-8-2,23-20-17-14-9-3)27-28(24,25-10-4)26-11-5/h7-23H2,1-6H3. The number of phosphoric acid groups is 1. The second-order valence-electron chi connectivity index (χ2n) is 8.91. The number of rotatable bonds is 21. The molecule has 0 atom stereocenters. The van der Waals surface area contributed by atoms with Crippen LogP contribution >= 0.6 is 14.7 Å². The molecule has 0 radical (unpaired) electrons. The van der Waals surface area contributed by atoms with E-state index in [9.17, 15) is 4.57 Å². The van der Waals surface area contributed by atoms with Gasteiger partial charge in [0.05, 0.1) is 0 Å². The molecular weight excluding hydrogens is 402 g/mol. The number of unbranched alkanes of at least 4 members (excludes halogenated alkanes) is 9. The first-order chi connectivity index (χ1) is 13.8. The van der Waals surface area contributed by atoms with Crippen LogP contribution in [0.2, 0.25) is 0 Å². The summed E-state index contributed by atoms with van der Waals surface area (Å²) in [5.41, 5.74) is 0. The summed E-state index contributed by atoms with van der Waals surface area (Å²) in [5.74, 6) is 0. The van der Waals surface area contributed by atoms with E-state index in [2.05, 4.69) is 27.4 Å². The van der Waals surface area contributed by atoms with Crippen molar-refractivity contribution in [2.75, 3.05) is 38.4 Å². The van der Waals surface area contributed by atoms with Crippen LogP contribution in [0.15, 0.2) is 0 Å². The molecule has 0 unspecified atom stereocenters. The van der Waals surface area contributed by atoms with Gasteiger partial charge in [0.2, 0.25) is 0 Å². The van der Waals surface area contributed by atoms with Crippen molar-refractivity contribution >= 4 is 14.7 Å². The summed E-state index contributed by atoms with van der Waals surface area (Å²) >= 11 is 0. The average Bonchev–Trinajstić information content (AvgIpc) is 2.67. The molecule has 0 N–H and O–H groups in total. The zero-order chi connectivity index (χ0) is 22.1. The molecule has 0 fully saturated rings. The van der Waals surface area contributed by atoms with Crippen LogP contribution in [0.5, 0.6) is 0 Å². The molecule has 0 heterocycles. The predicted molar refractivity (Wildman–Crippen MR) is 132 cm³/mol. The fourth-order valence-electron chi connectivity index (χ4n) is 4.13. The molecule has 178 valence electrons. The van der Waals surface area contributed by atoms with Crippen molar-refractivity contribution < 1.29 is 17.9 Å². The molecule has 29 heavy (non-hydrogen) atoms. The third kappa shape index (κ3) is 12.9. The SMILES string of the molecule is CCCCCCP(C)(CCCCCC)(CCCCCC)OP(=O)(OCC)OCC. The molecule has 6 heteroatoms. The van der Waals surface area contributed by atoms with Crippen LogP contribution in [0.1, 0.15) is 112 Å². The summed E-state index contributed by atoms with van der Waals surface area (Å²) in [5, 5.41) is 0. The Bertz CT molecular complexity index is 399. The van der Waals surface area contributed by atoms with E-state index in [0.717, 1.165) is 37.7 Å². The van der Waals surface area contributed by atoms with E-state index in [1.165, 1.54) is 57.8 Å². The minimum atomic E-state index is -3.51. The Morgan fingerprint density at radius 1 is 0.586 bits per heavy atom. The number of phosphoric ester groups is 1. The van der Waals surface area contributed by atoms with Crippen molar-refractivity contribution in [2.45, 2.75) is 112 Å². The molecule has 0 saturated carbocycles. The topological polar surface area (TPSA) is 44.8 Å². The van der Waals surface area contributed by atoms with E-state index in [0.29, 0.717) is 13.2 Å². The number of hydrogen-bond donors (Lipinski definition) is 0. The summed E-state index contributed by atoms with van der Waals surface area (Å²) in [4.78, 5) is 0. The fourth-order valence-corrected chi connectivity index (χ4v) is 12.7. The van der Waals surface area contributed by atoms with Crippen LogP contribution in [-0.2, 0) is 17.9 Å². The van der Waals surface area contributed by atoms with Gasteiger partial charge in [-0.05, 0) is 0 Å². The Morgan fingerprint density at radius 3 is 1.21 bits per heavy atom. The van der Waals surface area contributed by atoms with Crippen molar-refractivity contribution in [1.82, 2.24) is 0 Å². The molecule has 0 aliphatic heterocycles. The van der Waals surface area contributed by atoms with E-state index in [1.807, 2.05) is 13.8 Å². The zero-order valence-electron chi connectivity index (χ0n) is 20.5. The number of hydrogen-bond acceptors (Lipinski definition) is 4. The average molecular weight is 455 g/mol. The first kappa shape index (κ1) is 29.5. The molecule has 0 aliphatic rings. The van der Waals surface area contributed by atoms with Crippen LogP contribution in [-0.4, -0.2) is 38.4 Å². The third-order valence-electron chi connectivity index (χ3n) is 5.86. The van der Waals surface area contributed by atoms with E-state index in [-0.39, 0.29) is 0 Å².